The number of benzene rings is 2. The molecule has 234 valence electrons. The summed E-state index contributed by atoms with van der Waals surface area (Å²) in [6, 6.07) is 0. The Balaban J connectivity index is 1.59. The van der Waals surface area contributed by atoms with E-state index in [2.05, 4.69) is 0 Å². The molecule has 0 aliphatic carbocycles. The maximum absolute atomic E-state index is 12.3. The first kappa shape index (κ1) is 32.2. The van der Waals surface area contributed by atoms with Crippen LogP contribution in [0.25, 0.3) is 0 Å². The van der Waals surface area contributed by atoms with Gasteiger partial charge in [0, 0.05) is 16.7 Å². The highest BCUT2D eigenvalue weighted by Gasteiger charge is 2.37. The van der Waals surface area contributed by atoms with Crippen molar-refractivity contribution in [3.8, 4) is 23.0 Å². The monoisotopic (exact) mass is 594 g/mol. The van der Waals surface area contributed by atoms with Crippen LogP contribution in [0.2, 0.25) is 0 Å². The fourth-order valence-corrected chi connectivity index (χ4v) is 6.70. The second kappa shape index (κ2) is 11.8. The zero-order chi connectivity index (χ0) is 32.0. The Kier molecular flexibility index (Phi) is 8.83. The van der Waals surface area contributed by atoms with Gasteiger partial charge in [0.25, 0.3) is 0 Å². The van der Waals surface area contributed by atoms with Gasteiger partial charge < -0.3 is 29.9 Å². The molecule has 0 saturated carbocycles. The highest BCUT2D eigenvalue weighted by molar-refractivity contribution is 5.92. The lowest BCUT2D eigenvalue weighted by Crippen LogP contribution is -2.38. The standard InChI is InChI=1S/C35H46O8/c1-18-20(3)31-25(22(5)29(18)38)11-15-34(7,42-31)13-9-24(27(33(40)41)17-28(36)37)10-14-35(8)16-12-26-23(6)30(39)19(2)21(4)32(26)43-35/h38-39H,9-17H2,1-8H3,(H,36,37)(H,40,41). The molecule has 0 fully saturated rings. The summed E-state index contributed by atoms with van der Waals surface area (Å²) < 4.78 is 13.2. The number of aliphatic carboxylic acids is 2. The Morgan fingerprint density at radius 2 is 1.07 bits per heavy atom. The maximum atomic E-state index is 12.3. The molecular formula is C35H46O8. The molecule has 4 N–H and O–H groups in total. The van der Waals surface area contributed by atoms with E-state index < -0.39 is 29.6 Å². The van der Waals surface area contributed by atoms with Crippen LogP contribution in [-0.2, 0) is 22.4 Å². The first-order chi connectivity index (χ1) is 20.0. The number of hydrogen-bond acceptors (Lipinski definition) is 6. The van der Waals surface area contributed by atoms with E-state index in [1.165, 1.54) is 0 Å². The zero-order valence-electron chi connectivity index (χ0n) is 26.8. The lowest BCUT2D eigenvalue weighted by atomic mass is 9.81. The van der Waals surface area contributed by atoms with Crippen molar-refractivity contribution in [2.75, 3.05) is 0 Å². The Labute approximate surface area is 254 Å². The highest BCUT2D eigenvalue weighted by Crippen LogP contribution is 2.47. The Morgan fingerprint density at radius 1 is 0.674 bits per heavy atom. The van der Waals surface area contributed by atoms with Gasteiger partial charge in [0.1, 0.15) is 34.2 Å². The maximum Gasteiger partial charge on any atom is 0.332 e. The third-order valence-electron chi connectivity index (χ3n) is 10.1. The van der Waals surface area contributed by atoms with Crippen LogP contribution in [-0.4, -0.2) is 43.6 Å². The SMILES string of the molecule is Cc1c(C)c2c(c(C)c1O)CCC(C)(CCC(CCC1(C)CCc3c(C)c(O)c(C)c(C)c3O1)=C(CC(=O)O)C(=O)O)O2. The van der Waals surface area contributed by atoms with Crippen molar-refractivity contribution in [2.45, 2.75) is 124 Å². The van der Waals surface area contributed by atoms with Crippen molar-refractivity contribution < 1.29 is 39.5 Å². The summed E-state index contributed by atoms with van der Waals surface area (Å²) in [6.07, 6.45) is 4.10. The van der Waals surface area contributed by atoms with Crippen molar-refractivity contribution in [3.05, 3.63) is 55.7 Å². The number of ether oxygens (including phenoxy) is 2. The number of carbonyl (C=O) groups is 2. The van der Waals surface area contributed by atoms with Gasteiger partial charge in [0.2, 0.25) is 0 Å². The Bertz CT molecular complexity index is 1420. The van der Waals surface area contributed by atoms with E-state index in [0.717, 1.165) is 68.8 Å². The average Bonchev–Trinajstić information content (AvgIpc) is 2.95. The van der Waals surface area contributed by atoms with E-state index in [1.54, 1.807) is 0 Å². The van der Waals surface area contributed by atoms with Crippen molar-refractivity contribution in [2.24, 2.45) is 0 Å². The predicted molar refractivity (Wildman–Crippen MR) is 165 cm³/mol. The van der Waals surface area contributed by atoms with Crippen LogP contribution in [0.1, 0.15) is 103 Å². The van der Waals surface area contributed by atoms with Gasteiger partial charge in [-0.25, -0.2) is 4.79 Å². The van der Waals surface area contributed by atoms with E-state index in [0.29, 0.717) is 55.6 Å². The number of carboxylic acid groups (broad SMARTS) is 2. The van der Waals surface area contributed by atoms with Crippen molar-refractivity contribution >= 4 is 11.9 Å². The molecule has 0 radical (unpaired) electrons. The number of rotatable bonds is 9. The third-order valence-corrected chi connectivity index (χ3v) is 10.1. The fourth-order valence-electron chi connectivity index (χ4n) is 6.70. The summed E-state index contributed by atoms with van der Waals surface area (Å²) in [4.78, 5) is 24.0. The molecule has 8 nitrogen and oxygen atoms in total. The van der Waals surface area contributed by atoms with Gasteiger partial charge in [-0.2, -0.15) is 0 Å². The molecule has 2 unspecified atom stereocenters. The normalized spacial score (nSPS) is 20.8. The number of phenolic OH excluding ortho intramolecular Hbond substituents is 2. The first-order valence-electron chi connectivity index (χ1n) is 15.2. The lowest BCUT2D eigenvalue weighted by molar-refractivity contribution is -0.139. The van der Waals surface area contributed by atoms with Gasteiger partial charge in [-0.15, -0.1) is 0 Å². The number of phenols is 2. The van der Waals surface area contributed by atoms with Crippen LogP contribution in [0.5, 0.6) is 23.0 Å². The predicted octanol–water partition coefficient (Wildman–Crippen LogP) is 7.23. The molecule has 0 aromatic heterocycles. The summed E-state index contributed by atoms with van der Waals surface area (Å²) in [5.74, 6) is -0.234. The van der Waals surface area contributed by atoms with Gasteiger partial charge in [0.15, 0.2) is 0 Å². The molecule has 0 bridgehead atoms. The van der Waals surface area contributed by atoms with Crippen LogP contribution in [0.3, 0.4) is 0 Å². The summed E-state index contributed by atoms with van der Waals surface area (Å²) in [5.41, 5.74) is 6.39. The average molecular weight is 595 g/mol. The zero-order valence-corrected chi connectivity index (χ0v) is 26.8. The summed E-state index contributed by atoms with van der Waals surface area (Å²) in [7, 11) is 0. The van der Waals surface area contributed by atoms with Crippen molar-refractivity contribution in [1.29, 1.82) is 0 Å². The minimum atomic E-state index is -1.22. The van der Waals surface area contributed by atoms with Crippen LogP contribution >= 0.6 is 0 Å². The second-order valence-electron chi connectivity index (χ2n) is 13.1. The number of aromatic hydroxyl groups is 2. The van der Waals surface area contributed by atoms with Gasteiger partial charge >= 0.3 is 11.9 Å². The minimum absolute atomic E-state index is 0.0762. The molecule has 0 spiro atoms. The van der Waals surface area contributed by atoms with E-state index in [9.17, 15) is 30.0 Å². The molecule has 8 heteroatoms. The van der Waals surface area contributed by atoms with Crippen LogP contribution < -0.4 is 9.47 Å². The van der Waals surface area contributed by atoms with Crippen LogP contribution in [0.15, 0.2) is 11.1 Å². The number of carboxylic acids is 2. The Morgan fingerprint density at radius 3 is 1.42 bits per heavy atom. The molecule has 0 amide bonds. The number of hydrogen-bond donors (Lipinski definition) is 4. The van der Waals surface area contributed by atoms with E-state index in [4.69, 9.17) is 9.47 Å². The second-order valence-corrected chi connectivity index (χ2v) is 13.1. The van der Waals surface area contributed by atoms with E-state index in [-0.39, 0.29) is 5.57 Å². The molecule has 2 aromatic rings. The summed E-state index contributed by atoms with van der Waals surface area (Å²) in [6.45, 7) is 15.5. The molecule has 2 aromatic carbocycles. The van der Waals surface area contributed by atoms with Crippen molar-refractivity contribution in [1.82, 2.24) is 0 Å². The Hall–Kier alpha value is -3.68. The molecule has 2 aliphatic rings. The summed E-state index contributed by atoms with van der Waals surface area (Å²) in [5, 5.41) is 40.7. The van der Waals surface area contributed by atoms with Gasteiger partial charge in [-0.1, -0.05) is 5.57 Å². The molecule has 2 aliphatic heterocycles. The third kappa shape index (κ3) is 6.20. The molecule has 4 rings (SSSR count). The lowest BCUT2D eigenvalue weighted by Gasteiger charge is -2.39. The largest absolute Gasteiger partial charge is 0.507 e. The molecule has 2 heterocycles. The molecule has 0 saturated heterocycles. The molecule has 2 atom stereocenters. The summed E-state index contributed by atoms with van der Waals surface area (Å²) >= 11 is 0. The molecular weight excluding hydrogens is 548 g/mol. The topological polar surface area (TPSA) is 134 Å². The van der Waals surface area contributed by atoms with Crippen LogP contribution in [0.4, 0.5) is 0 Å². The van der Waals surface area contributed by atoms with Gasteiger partial charge in [-0.05, 0) is 140 Å². The van der Waals surface area contributed by atoms with Gasteiger partial charge in [0.05, 0.1) is 6.42 Å². The molecule has 43 heavy (non-hydrogen) atoms. The fraction of sp³-hybridized carbons (Fsp3) is 0.543. The number of allylic oxidation sites excluding steroid dienone is 1. The first-order valence-corrected chi connectivity index (χ1v) is 15.2. The minimum Gasteiger partial charge on any atom is -0.507 e. The van der Waals surface area contributed by atoms with Gasteiger partial charge in [-0.3, -0.25) is 4.79 Å². The van der Waals surface area contributed by atoms with E-state index in [1.807, 2.05) is 55.4 Å². The van der Waals surface area contributed by atoms with Crippen LogP contribution in [0, 0.1) is 41.5 Å². The quantitative estimate of drug-likeness (QED) is 0.223. The van der Waals surface area contributed by atoms with E-state index >= 15 is 0 Å². The number of fused-ring (bicyclic) bond motifs is 2. The van der Waals surface area contributed by atoms with Crippen molar-refractivity contribution in [3.63, 3.8) is 0 Å². The highest BCUT2D eigenvalue weighted by atomic mass is 16.5. The smallest absolute Gasteiger partial charge is 0.332 e.